The minimum atomic E-state index is -1.28. The van der Waals surface area contributed by atoms with Crippen LogP contribution in [0.2, 0.25) is 0 Å². The second-order valence-electron chi connectivity index (χ2n) is 5.42. The molecule has 0 radical (unpaired) electrons. The molecule has 2 aromatic rings. The standard InChI is InChI=1S/C13H17N5O4/c1-13(8(20)2-6(4-19)22-13)18-12(21)7-3-15-11-9(7)10(14)16-5-17-11/h3,5-6,8,19-20H,2,4H2,1H3,(H,18,21)(H3,14,15,16,17)/t6-,8+,13+/m0/s1. The van der Waals surface area contributed by atoms with Gasteiger partial charge in [-0.25, -0.2) is 9.97 Å². The predicted molar refractivity (Wildman–Crippen MR) is 76.8 cm³/mol. The third-order valence-corrected chi connectivity index (χ3v) is 3.84. The van der Waals surface area contributed by atoms with E-state index in [0.717, 1.165) is 0 Å². The summed E-state index contributed by atoms with van der Waals surface area (Å²) < 4.78 is 5.52. The van der Waals surface area contributed by atoms with Gasteiger partial charge in [0.15, 0.2) is 5.72 Å². The fourth-order valence-corrected chi connectivity index (χ4v) is 2.63. The molecule has 9 heteroatoms. The average Bonchev–Trinajstić information content (AvgIpc) is 3.02. The van der Waals surface area contributed by atoms with Crippen LogP contribution in [-0.4, -0.2) is 55.6 Å². The lowest BCUT2D eigenvalue weighted by molar-refractivity contribution is -0.0945. The van der Waals surface area contributed by atoms with Crippen LogP contribution in [0.1, 0.15) is 23.7 Å². The van der Waals surface area contributed by atoms with Crippen LogP contribution in [0.4, 0.5) is 5.82 Å². The van der Waals surface area contributed by atoms with E-state index < -0.39 is 23.8 Å². The number of hydrogen-bond acceptors (Lipinski definition) is 7. The summed E-state index contributed by atoms with van der Waals surface area (Å²) in [5.74, 6) is -0.296. The van der Waals surface area contributed by atoms with E-state index in [1.54, 1.807) is 6.92 Å². The second-order valence-corrected chi connectivity index (χ2v) is 5.42. The minimum Gasteiger partial charge on any atom is -0.394 e. The van der Waals surface area contributed by atoms with Gasteiger partial charge in [-0.3, -0.25) is 4.79 Å². The molecule has 0 saturated carbocycles. The van der Waals surface area contributed by atoms with Crippen molar-refractivity contribution < 1.29 is 19.7 Å². The number of hydrogen-bond donors (Lipinski definition) is 5. The third-order valence-electron chi connectivity index (χ3n) is 3.84. The number of nitrogen functional groups attached to an aromatic ring is 1. The van der Waals surface area contributed by atoms with Gasteiger partial charge < -0.3 is 31.0 Å². The maximum atomic E-state index is 12.5. The van der Waals surface area contributed by atoms with E-state index in [-0.39, 0.29) is 24.4 Å². The molecule has 2 aromatic heterocycles. The molecule has 3 heterocycles. The molecule has 1 amide bonds. The number of nitrogens with zero attached hydrogens (tertiary/aromatic N) is 2. The van der Waals surface area contributed by atoms with Crippen molar-refractivity contribution >= 4 is 22.8 Å². The number of anilines is 1. The summed E-state index contributed by atoms with van der Waals surface area (Å²) in [6.45, 7) is 1.33. The molecule has 3 atom stereocenters. The van der Waals surface area contributed by atoms with Crippen molar-refractivity contribution in [2.24, 2.45) is 0 Å². The van der Waals surface area contributed by atoms with Crippen LogP contribution in [0.15, 0.2) is 12.5 Å². The maximum absolute atomic E-state index is 12.5. The smallest absolute Gasteiger partial charge is 0.255 e. The van der Waals surface area contributed by atoms with E-state index in [2.05, 4.69) is 20.3 Å². The quantitative estimate of drug-likeness (QED) is 0.495. The third kappa shape index (κ3) is 2.28. The van der Waals surface area contributed by atoms with E-state index in [0.29, 0.717) is 11.0 Å². The van der Waals surface area contributed by atoms with Gasteiger partial charge >= 0.3 is 0 Å². The predicted octanol–water partition coefficient (Wildman–Crippen LogP) is -0.872. The van der Waals surface area contributed by atoms with Crippen LogP contribution >= 0.6 is 0 Å². The summed E-state index contributed by atoms with van der Waals surface area (Å²) in [5, 5.41) is 22.2. The normalized spacial score (nSPS) is 28.1. The Balaban J connectivity index is 1.88. The Morgan fingerprint density at radius 2 is 2.41 bits per heavy atom. The molecule has 1 aliphatic rings. The minimum absolute atomic E-state index is 0.183. The van der Waals surface area contributed by atoms with Crippen LogP contribution < -0.4 is 11.1 Å². The molecule has 0 spiro atoms. The Morgan fingerprint density at radius 1 is 1.64 bits per heavy atom. The van der Waals surface area contributed by atoms with Gasteiger partial charge in [-0.1, -0.05) is 0 Å². The summed E-state index contributed by atoms with van der Waals surface area (Å²) in [5.41, 5.74) is 5.22. The van der Waals surface area contributed by atoms with Gasteiger partial charge in [0.1, 0.15) is 23.9 Å². The summed E-state index contributed by atoms with van der Waals surface area (Å²) in [6.07, 6.45) is 1.57. The van der Waals surface area contributed by atoms with Crippen LogP contribution in [0.25, 0.3) is 11.0 Å². The number of aromatic amines is 1. The van der Waals surface area contributed by atoms with Crippen molar-refractivity contribution in [1.82, 2.24) is 20.3 Å². The number of carbonyl (C=O) groups is 1. The average molecular weight is 307 g/mol. The number of aliphatic hydroxyl groups is 2. The van der Waals surface area contributed by atoms with Crippen molar-refractivity contribution in [3.8, 4) is 0 Å². The Morgan fingerprint density at radius 3 is 3.09 bits per heavy atom. The van der Waals surface area contributed by atoms with E-state index in [1.807, 2.05) is 0 Å². The summed E-state index contributed by atoms with van der Waals surface area (Å²) in [6, 6.07) is 0. The van der Waals surface area contributed by atoms with Gasteiger partial charge in [-0.2, -0.15) is 0 Å². The Hall–Kier alpha value is -2.23. The largest absolute Gasteiger partial charge is 0.394 e. The number of nitrogens with two attached hydrogens (primary N) is 1. The zero-order valence-electron chi connectivity index (χ0n) is 11.9. The molecule has 3 rings (SSSR count). The maximum Gasteiger partial charge on any atom is 0.255 e. The zero-order valence-corrected chi connectivity index (χ0v) is 11.9. The summed E-state index contributed by atoms with van der Waals surface area (Å²) in [7, 11) is 0. The molecule has 0 unspecified atom stereocenters. The number of ether oxygens (including phenoxy) is 1. The second kappa shape index (κ2) is 5.20. The fraction of sp³-hybridized carbons (Fsp3) is 0.462. The number of nitrogens with one attached hydrogen (secondary N) is 2. The van der Waals surface area contributed by atoms with Crippen molar-refractivity contribution in [2.45, 2.75) is 31.3 Å². The highest BCUT2D eigenvalue weighted by Gasteiger charge is 2.45. The van der Waals surface area contributed by atoms with E-state index in [9.17, 15) is 9.90 Å². The number of aromatic nitrogens is 3. The number of fused-ring (bicyclic) bond motifs is 1. The first kappa shape index (κ1) is 14.7. The van der Waals surface area contributed by atoms with Crippen LogP contribution in [-0.2, 0) is 4.74 Å². The molecule has 0 aliphatic carbocycles. The first-order chi connectivity index (χ1) is 10.4. The van der Waals surface area contributed by atoms with Gasteiger partial charge in [0, 0.05) is 12.6 Å². The van der Waals surface area contributed by atoms with E-state index in [1.165, 1.54) is 12.5 Å². The molecular formula is C13H17N5O4. The van der Waals surface area contributed by atoms with Crippen molar-refractivity contribution in [3.05, 3.63) is 18.1 Å². The van der Waals surface area contributed by atoms with E-state index in [4.69, 9.17) is 15.6 Å². The number of aliphatic hydroxyl groups excluding tert-OH is 2. The number of rotatable bonds is 3. The van der Waals surface area contributed by atoms with Crippen molar-refractivity contribution in [2.75, 3.05) is 12.3 Å². The van der Waals surface area contributed by atoms with E-state index >= 15 is 0 Å². The van der Waals surface area contributed by atoms with Gasteiger partial charge in [0.2, 0.25) is 0 Å². The number of amides is 1. The molecule has 9 nitrogen and oxygen atoms in total. The topological polar surface area (TPSA) is 146 Å². The number of H-pyrrole nitrogens is 1. The lowest BCUT2D eigenvalue weighted by Gasteiger charge is -2.28. The highest BCUT2D eigenvalue weighted by atomic mass is 16.6. The summed E-state index contributed by atoms with van der Waals surface area (Å²) >= 11 is 0. The molecule has 6 N–H and O–H groups in total. The molecule has 0 bridgehead atoms. The molecular weight excluding hydrogens is 290 g/mol. The first-order valence-electron chi connectivity index (χ1n) is 6.81. The zero-order chi connectivity index (χ0) is 15.9. The van der Waals surface area contributed by atoms with Crippen molar-refractivity contribution in [1.29, 1.82) is 0 Å². The Labute approximate surface area is 125 Å². The SMILES string of the molecule is C[C@@]1(NC(=O)c2c[nH]c3ncnc(N)c23)O[C@H](CO)C[C@H]1O. The Bertz CT molecular complexity index is 718. The van der Waals surface area contributed by atoms with Crippen molar-refractivity contribution in [3.63, 3.8) is 0 Å². The van der Waals surface area contributed by atoms with Gasteiger partial charge in [-0.15, -0.1) is 0 Å². The lowest BCUT2D eigenvalue weighted by atomic mass is 10.1. The monoisotopic (exact) mass is 307 g/mol. The Kier molecular flexibility index (Phi) is 3.47. The first-order valence-corrected chi connectivity index (χ1v) is 6.81. The summed E-state index contributed by atoms with van der Waals surface area (Å²) in [4.78, 5) is 23.2. The fourth-order valence-electron chi connectivity index (χ4n) is 2.63. The lowest BCUT2D eigenvalue weighted by Crippen LogP contribution is -2.52. The van der Waals surface area contributed by atoms with Crippen LogP contribution in [0.3, 0.4) is 0 Å². The number of carbonyl (C=O) groups excluding carboxylic acids is 1. The molecule has 22 heavy (non-hydrogen) atoms. The highest BCUT2D eigenvalue weighted by Crippen LogP contribution is 2.29. The van der Waals surface area contributed by atoms with Gasteiger partial charge in [0.05, 0.1) is 23.7 Å². The van der Waals surface area contributed by atoms with Gasteiger partial charge in [0.25, 0.3) is 5.91 Å². The van der Waals surface area contributed by atoms with Crippen LogP contribution in [0, 0.1) is 0 Å². The van der Waals surface area contributed by atoms with Gasteiger partial charge in [-0.05, 0) is 6.92 Å². The molecule has 1 aliphatic heterocycles. The molecule has 1 fully saturated rings. The molecule has 118 valence electrons. The molecule has 0 aromatic carbocycles. The van der Waals surface area contributed by atoms with Crippen LogP contribution in [0.5, 0.6) is 0 Å². The molecule has 1 saturated heterocycles. The highest BCUT2D eigenvalue weighted by molar-refractivity contribution is 6.09.